The molecule has 1 heterocycles. The molecule has 0 spiro atoms. The normalized spacial score (nSPS) is 12.8. The van der Waals surface area contributed by atoms with Gasteiger partial charge in [0.2, 0.25) is 16.2 Å². The van der Waals surface area contributed by atoms with Crippen molar-refractivity contribution in [3.63, 3.8) is 0 Å². The number of imidazole rings is 1. The van der Waals surface area contributed by atoms with E-state index < -0.39 is 36.8 Å². The summed E-state index contributed by atoms with van der Waals surface area (Å²) in [4.78, 5) is 0. The summed E-state index contributed by atoms with van der Waals surface area (Å²) in [5, 5.41) is 0. The van der Waals surface area contributed by atoms with Gasteiger partial charge in [-0.05, 0) is 44.0 Å². The van der Waals surface area contributed by atoms with Crippen molar-refractivity contribution in [2.45, 2.75) is 31.4 Å². The fourth-order valence-electron chi connectivity index (χ4n) is 1.90. The maximum Gasteiger partial charge on any atom is 0.495 e. The van der Waals surface area contributed by atoms with E-state index in [-0.39, 0.29) is 0 Å². The lowest BCUT2D eigenvalue weighted by Crippen LogP contribution is -2.29. The van der Waals surface area contributed by atoms with Gasteiger partial charge in [-0.15, -0.1) is 0 Å². The molecule has 16 heteroatoms. The van der Waals surface area contributed by atoms with Gasteiger partial charge in [0.05, 0.1) is 13.2 Å². The van der Waals surface area contributed by atoms with Crippen LogP contribution < -0.4 is 9.30 Å². The van der Waals surface area contributed by atoms with E-state index in [4.69, 9.17) is 4.74 Å². The van der Waals surface area contributed by atoms with Crippen LogP contribution in [0.1, 0.15) is 13.8 Å². The summed E-state index contributed by atoms with van der Waals surface area (Å²) < 4.78 is 121. The molecular weight excluding hydrogens is 492 g/mol. The predicted molar refractivity (Wildman–Crippen MR) is 101 cm³/mol. The van der Waals surface area contributed by atoms with Gasteiger partial charge in [-0.2, -0.15) is 26.3 Å². The van der Waals surface area contributed by atoms with Crippen LogP contribution in [0.3, 0.4) is 0 Å². The van der Waals surface area contributed by atoms with Gasteiger partial charge < -0.3 is 9.46 Å². The monoisotopic (exact) mass is 511 g/mol. The van der Waals surface area contributed by atoms with E-state index in [1.807, 2.05) is 19.1 Å². The van der Waals surface area contributed by atoms with Gasteiger partial charge in [-0.1, -0.05) is 0 Å². The van der Waals surface area contributed by atoms with Crippen molar-refractivity contribution >= 4 is 19.9 Å². The standard InChI is InChI=1S/C13H17N2O.C3H2F6NO4S2/c1-3-14-9-10-15(11-14)12-5-7-13(8-6-12)16-4-2;4-2(5,6)15(11,12)1-10-16(13,14)3(7,8)9/h5-11H,3-4H2,1-2H3;1H2/q+1;-1. The van der Waals surface area contributed by atoms with Crippen LogP contribution in [0, 0.1) is 0 Å². The Morgan fingerprint density at radius 2 is 1.53 bits per heavy atom. The van der Waals surface area contributed by atoms with Gasteiger partial charge in [-0.3, -0.25) is 0 Å². The van der Waals surface area contributed by atoms with Gasteiger partial charge in [0.1, 0.15) is 23.8 Å². The fourth-order valence-corrected chi connectivity index (χ4v) is 3.30. The average Bonchev–Trinajstić information content (AvgIpc) is 3.15. The third-order valence-corrected chi connectivity index (χ3v) is 5.93. The van der Waals surface area contributed by atoms with E-state index in [0.29, 0.717) is 6.61 Å². The lowest BCUT2D eigenvalue weighted by atomic mass is 10.3. The molecular formula is C16H19F6N3O5S2. The van der Waals surface area contributed by atoms with Crippen molar-refractivity contribution in [1.29, 1.82) is 0 Å². The van der Waals surface area contributed by atoms with Crippen LogP contribution in [0.25, 0.3) is 10.4 Å². The van der Waals surface area contributed by atoms with Crippen molar-refractivity contribution in [2.75, 3.05) is 12.5 Å². The first-order chi connectivity index (χ1) is 14.5. The zero-order valence-electron chi connectivity index (χ0n) is 16.6. The number of benzene rings is 1. The molecule has 0 atom stereocenters. The smallest absolute Gasteiger partial charge is 0.495 e. The lowest BCUT2D eigenvalue weighted by Gasteiger charge is -2.21. The van der Waals surface area contributed by atoms with Crippen molar-refractivity contribution in [3.8, 4) is 11.4 Å². The van der Waals surface area contributed by atoms with Crippen LogP contribution in [0.2, 0.25) is 0 Å². The Bertz CT molecular complexity index is 1030. The van der Waals surface area contributed by atoms with Crippen molar-refractivity contribution in [3.05, 3.63) is 47.7 Å². The highest BCUT2D eigenvalue weighted by Gasteiger charge is 2.45. The minimum atomic E-state index is -6.25. The van der Waals surface area contributed by atoms with Gasteiger partial charge in [0.25, 0.3) is 0 Å². The molecule has 2 aromatic rings. The molecule has 32 heavy (non-hydrogen) atoms. The van der Waals surface area contributed by atoms with Crippen LogP contribution in [-0.4, -0.2) is 44.9 Å². The number of aromatic nitrogens is 2. The molecule has 1 aromatic heterocycles. The maximum atomic E-state index is 11.6. The summed E-state index contributed by atoms with van der Waals surface area (Å²) in [5.41, 5.74) is -10.7. The lowest BCUT2D eigenvalue weighted by molar-refractivity contribution is -0.692. The molecule has 0 aliphatic rings. The summed E-state index contributed by atoms with van der Waals surface area (Å²) in [5.74, 6) is -1.61. The Morgan fingerprint density at radius 1 is 0.969 bits per heavy atom. The van der Waals surface area contributed by atoms with Crippen LogP contribution in [0.15, 0.2) is 43.0 Å². The molecule has 0 radical (unpaired) electrons. The Labute approximate surface area is 180 Å². The number of hydrogen-bond donors (Lipinski definition) is 0. The number of halogens is 6. The average molecular weight is 511 g/mol. The van der Waals surface area contributed by atoms with Gasteiger partial charge in [-0.25, -0.2) is 26.0 Å². The first-order valence-corrected chi connectivity index (χ1v) is 11.7. The molecule has 8 nitrogen and oxygen atoms in total. The summed E-state index contributed by atoms with van der Waals surface area (Å²) in [6.45, 7) is 5.81. The Balaban J connectivity index is 0.000000320. The molecule has 0 aliphatic carbocycles. The molecule has 182 valence electrons. The molecule has 0 aliphatic heterocycles. The zero-order valence-corrected chi connectivity index (χ0v) is 18.3. The highest BCUT2D eigenvalue weighted by Crippen LogP contribution is 2.31. The first kappa shape index (κ1) is 27.7. The predicted octanol–water partition coefficient (Wildman–Crippen LogP) is 3.29. The first-order valence-electron chi connectivity index (χ1n) is 8.63. The van der Waals surface area contributed by atoms with Crippen molar-refractivity contribution in [1.82, 2.24) is 4.57 Å². The summed E-state index contributed by atoms with van der Waals surface area (Å²) >= 11 is 0. The number of aryl methyl sites for hydroxylation is 1. The molecule has 0 saturated heterocycles. The van der Waals surface area contributed by atoms with Crippen LogP contribution >= 0.6 is 0 Å². The minimum Gasteiger partial charge on any atom is -0.528 e. The van der Waals surface area contributed by atoms with Gasteiger partial charge in [0, 0.05) is 0 Å². The second-order valence-corrected chi connectivity index (χ2v) is 9.44. The number of alkyl halides is 6. The quantitative estimate of drug-likeness (QED) is 0.420. The molecule has 1 aromatic carbocycles. The number of sulfonamides is 1. The Kier molecular flexibility index (Phi) is 9.11. The fraction of sp³-hybridized carbons (Fsp3) is 0.438. The third kappa shape index (κ3) is 7.67. The summed E-state index contributed by atoms with van der Waals surface area (Å²) in [6.07, 6.45) is 6.20. The molecule has 0 bridgehead atoms. The highest BCUT2D eigenvalue weighted by atomic mass is 32.2. The number of rotatable bonds is 7. The third-order valence-electron chi connectivity index (χ3n) is 3.54. The molecule has 2 rings (SSSR count). The van der Waals surface area contributed by atoms with Gasteiger partial charge >= 0.3 is 11.0 Å². The molecule has 0 amide bonds. The van der Waals surface area contributed by atoms with Crippen molar-refractivity contribution < 1.29 is 52.5 Å². The van der Waals surface area contributed by atoms with Crippen LogP contribution in [0.5, 0.6) is 5.75 Å². The van der Waals surface area contributed by atoms with E-state index in [0.717, 1.165) is 18.0 Å². The molecule has 0 saturated carbocycles. The second-order valence-electron chi connectivity index (χ2n) is 5.82. The largest absolute Gasteiger partial charge is 0.528 e. The summed E-state index contributed by atoms with van der Waals surface area (Å²) in [6, 6.07) is 8.11. The molecule has 0 N–H and O–H groups in total. The Morgan fingerprint density at radius 3 is 1.94 bits per heavy atom. The van der Waals surface area contributed by atoms with E-state index in [2.05, 4.69) is 46.9 Å². The van der Waals surface area contributed by atoms with E-state index in [1.165, 1.54) is 4.72 Å². The maximum absolute atomic E-state index is 11.6. The topological polar surface area (TPSA) is 100 Å². The number of sulfone groups is 1. The second kappa shape index (κ2) is 10.5. The SMILES string of the molecule is CCOc1ccc(-n2cc[n+](CC)c2)cc1.O=S(=O)(C[N-]S(=O)(=O)C(F)(F)F)C(F)(F)F. The Hall–Kier alpha value is -2.33. The van der Waals surface area contributed by atoms with E-state index in [1.54, 1.807) is 0 Å². The van der Waals surface area contributed by atoms with E-state index >= 15 is 0 Å². The minimum absolute atomic E-state index is 0.707. The molecule has 0 fully saturated rings. The zero-order chi connectivity index (χ0) is 24.8. The van der Waals surface area contributed by atoms with Crippen LogP contribution in [0.4, 0.5) is 26.3 Å². The number of ether oxygens (including phenoxy) is 1. The van der Waals surface area contributed by atoms with Crippen molar-refractivity contribution in [2.24, 2.45) is 0 Å². The molecule has 0 unspecified atom stereocenters. The summed E-state index contributed by atoms with van der Waals surface area (Å²) in [7, 11) is -12.3. The highest BCUT2D eigenvalue weighted by molar-refractivity contribution is 7.97. The van der Waals surface area contributed by atoms with E-state index in [9.17, 15) is 43.2 Å². The number of nitrogens with zero attached hydrogens (tertiary/aromatic N) is 3. The van der Waals surface area contributed by atoms with Gasteiger partial charge in [0.15, 0.2) is 10.0 Å². The van der Waals surface area contributed by atoms with Crippen LogP contribution in [-0.2, 0) is 26.4 Å². The number of hydrogen-bond acceptors (Lipinski definition) is 5.